The van der Waals surface area contributed by atoms with Gasteiger partial charge in [-0.3, -0.25) is 4.79 Å². The van der Waals surface area contributed by atoms with E-state index >= 15 is 0 Å². The second kappa shape index (κ2) is 6.91. The van der Waals surface area contributed by atoms with Gasteiger partial charge in [0.25, 0.3) is 0 Å². The number of Topliss-reactive ketones (excluding diaryl/α,β-unsaturated/α-hetero) is 1. The fraction of sp³-hybridized carbons (Fsp3) is 0.190. The van der Waals surface area contributed by atoms with Crippen molar-refractivity contribution in [1.29, 1.82) is 0 Å². The molecule has 0 fully saturated rings. The highest BCUT2D eigenvalue weighted by Crippen LogP contribution is 2.19. The SMILES string of the molecule is CC(C)(C)C#CC(=O)C(=Cc1ccccc1)c1ccccc1. The first kappa shape index (κ1) is 15.8. The van der Waals surface area contributed by atoms with Gasteiger partial charge in [0.1, 0.15) is 0 Å². The standard InChI is InChI=1S/C21H20O/c1-21(2,3)15-14-20(22)19(18-12-8-5-9-13-18)16-17-10-6-4-7-11-17/h4-13,16H,1-3H3. The molecule has 0 bridgehead atoms. The quantitative estimate of drug-likeness (QED) is 0.341. The van der Waals surface area contributed by atoms with Crippen LogP contribution in [-0.4, -0.2) is 5.78 Å². The molecule has 0 unspecified atom stereocenters. The van der Waals surface area contributed by atoms with E-state index in [1.54, 1.807) is 0 Å². The molecule has 0 amide bonds. The number of rotatable bonds is 3. The zero-order valence-corrected chi connectivity index (χ0v) is 13.3. The molecule has 1 heteroatoms. The molecule has 2 aromatic carbocycles. The third kappa shape index (κ3) is 4.75. The van der Waals surface area contributed by atoms with Crippen LogP contribution in [-0.2, 0) is 4.79 Å². The molecule has 0 saturated carbocycles. The minimum atomic E-state index is -0.190. The lowest BCUT2D eigenvalue weighted by Gasteiger charge is -2.07. The summed E-state index contributed by atoms with van der Waals surface area (Å²) in [6.45, 7) is 5.99. The molecule has 0 spiro atoms. The maximum absolute atomic E-state index is 12.6. The van der Waals surface area contributed by atoms with E-state index in [1.807, 2.05) is 87.5 Å². The average molecular weight is 288 g/mol. The second-order valence-corrected chi connectivity index (χ2v) is 6.16. The number of benzene rings is 2. The predicted octanol–water partition coefficient (Wildman–Crippen LogP) is 4.85. The lowest BCUT2D eigenvalue weighted by Crippen LogP contribution is -2.03. The van der Waals surface area contributed by atoms with Crippen molar-refractivity contribution in [3.05, 3.63) is 71.8 Å². The van der Waals surface area contributed by atoms with Crippen LogP contribution in [0.25, 0.3) is 11.6 Å². The highest BCUT2D eigenvalue weighted by atomic mass is 16.1. The average Bonchev–Trinajstić information content (AvgIpc) is 2.51. The fourth-order valence-corrected chi connectivity index (χ4v) is 1.93. The van der Waals surface area contributed by atoms with Gasteiger partial charge in [0.05, 0.1) is 0 Å². The van der Waals surface area contributed by atoms with Gasteiger partial charge in [-0.2, -0.15) is 0 Å². The molecule has 0 aliphatic rings. The third-order valence-electron chi connectivity index (χ3n) is 2.99. The van der Waals surface area contributed by atoms with Crippen LogP contribution in [0.2, 0.25) is 0 Å². The summed E-state index contributed by atoms with van der Waals surface area (Å²) in [5.74, 6) is 5.65. The maximum Gasteiger partial charge on any atom is 0.236 e. The van der Waals surface area contributed by atoms with Crippen molar-refractivity contribution in [3.63, 3.8) is 0 Å². The molecule has 0 atom stereocenters. The van der Waals surface area contributed by atoms with Gasteiger partial charge in [-0.1, -0.05) is 66.6 Å². The van der Waals surface area contributed by atoms with Crippen molar-refractivity contribution in [2.75, 3.05) is 0 Å². The smallest absolute Gasteiger partial charge is 0.236 e. The summed E-state index contributed by atoms with van der Waals surface area (Å²) < 4.78 is 0. The molecule has 1 nitrogen and oxygen atoms in total. The summed E-state index contributed by atoms with van der Waals surface area (Å²) >= 11 is 0. The predicted molar refractivity (Wildman–Crippen MR) is 93.0 cm³/mol. The molecular formula is C21H20O. The van der Waals surface area contributed by atoms with Gasteiger partial charge < -0.3 is 0 Å². The molecule has 0 heterocycles. The molecule has 0 aromatic heterocycles. The topological polar surface area (TPSA) is 17.1 Å². The van der Waals surface area contributed by atoms with Crippen LogP contribution in [0.15, 0.2) is 60.7 Å². The van der Waals surface area contributed by atoms with E-state index < -0.39 is 0 Å². The number of hydrogen-bond acceptors (Lipinski definition) is 1. The van der Waals surface area contributed by atoms with E-state index in [2.05, 4.69) is 11.8 Å². The number of hydrogen-bond donors (Lipinski definition) is 0. The van der Waals surface area contributed by atoms with Gasteiger partial charge in [-0.25, -0.2) is 0 Å². The lowest BCUT2D eigenvalue weighted by atomic mass is 9.95. The van der Waals surface area contributed by atoms with Gasteiger partial charge in [0.15, 0.2) is 0 Å². The Morgan fingerprint density at radius 3 is 2.00 bits per heavy atom. The molecule has 2 aromatic rings. The van der Waals surface area contributed by atoms with Gasteiger partial charge >= 0.3 is 0 Å². The van der Waals surface area contributed by atoms with E-state index in [-0.39, 0.29) is 11.2 Å². The summed E-state index contributed by atoms with van der Waals surface area (Å²) in [6, 6.07) is 19.5. The Morgan fingerprint density at radius 1 is 0.909 bits per heavy atom. The summed E-state index contributed by atoms with van der Waals surface area (Å²) in [4.78, 5) is 12.6. The number of carbonyl (C=O) groups excluding carboxylic acids is 1. The first-order chi connectivity index (χ1) is 10.5. The fourth-order valence-electron chi connectivity index (χ4n) is 1.93. The van der Waals surface area contributed by atoms with Crippen molar-refractivity contribution >= 4 is 17.4 Å². The van der Waals surface area contributed by atoms with Crippen LogP contribution in [0.1, 0.15) is 31.9 Å². The summed E-state index contributed by atoms with van der Waals surface area (Å²) in [5, 5.41) is 0. The van der Waals surface area contributed by atoms with Crippen molar-refractivity contribution in [3.8, 4) is 11.8 Å². The first-order valence-electron chi connectivity index (χ1n) is 7.35. The number of carbonyl (C=O) groups is 1. The minimum absolute atomic E-state index is 0.148. The van der Waals surface area contributed by atoms with Crippen LogP contribution < -0.4 is 0 Å². The van der Waals surface area contributed by atoms with Gasteiger partial charge in [-0.15, -0.1) is 0 Å². The minimum Gasteiger partial charge on any atom is -0.279 e. The zero-order valence-electron chi connectivity index (χ0n) is 13.3. The van der Waals surface area contributed by atoms with Gasteiger partial charge in [0.2, 0.25) is 5.78 Å². The van der Waals surface area contributed by atoms with Gasteiger partial charge in [0, 0.05) is 11.0 Å². The van der Waals surface area contributed by atoms with Crippen LogP contribution in [0.4, 0.5) is 0 Å². The Kier molecular flexibility index (Phi) is 4.96. The molecule has 110 valence electrons. The van der Waals surface area contributed by atoms with Crippen molar-refractivity contribution in [1.82, 2.24) is 0 Å². The Hall–Kier alpha value is -2.59. The Morgan fingerprint density at radius 2 is 1.45 bits per heavy atom. The van der Waals surface area contributed by atoms with Crippen LogP contribution in [0.3, 0.4) is 0 Å². The molecule has 0 radical (unpaired) electrons. The van der Waals surface area contributed by atoms with Crippen LogP contribution in [0, 0.1) is 17.3 Å². The van der Waals surface area contributed by atoms with Gasteiger partial charge in [-0.05, 0) is 43.9 Å². The molecule has 0 N–H and O–H groups in total. The summed E-state index contributed by atoms with van der Waals surface area (Å²) in [5.41, 5.74) is 2.32. The largest absolute Gasteiger partial charge is 0.279 e. The summed E-state index contributed by atoms with van der Waals surface area (Å²) in [6.07, 6.45) is 1.90. The first-order valence-corrected chi connectivity index (χ1v) is 7.35. The van der Waals surface area contributed by atoms with Crippen molar-refractivity contribution < 1.29 is 4.79 Å². The third-order valence-corrected chi connectivity index (χ3v) is 2.99. The van der Waals surface area contributed by atoms with E-state index in [1.165, 1.54) is 0 Å². The van der Waals surface area contributed by atoms with Crippen molar-refractivity contribution in [2.24, 2.45) is 5.41 Å². The normalized spacial score (nSPS) is 11.5. The molecular weight excluding hydrogens is 268 g/mol. The number of ketones is 1. The molecule has 0 aliphatic carbocycles. The molecule has 0 aliphatic heterocycles. The molecule has 0 saturated heterocycles. The maximum atomic E-state index is 12.6. The van der Waals surface area contributed by atoms with E-state index in [9.17, 15) is 4.79 Å². The molecule has 2 rings (SSSR count). The highest BCUT2D eigenvalue weighted by Gasteiger charge is 2.11. The Balaban J connectivity index is 2.45. The lowest BCUT2D eigenvalue weighted by molar-refractivity contribution is -0.108. The monoisotopic (exact) mass is 288 g/mol. The van der Waals surface area contributed by atoms with Crippen molar-refractivity contribution in [2.45, 2.75) is 20.8 Å². The van der Waals surface area contributed by atoms with E-state index in [4.69, 9.17) is 0 Å². The Labute approximate surface area is 132 Å². The van der Waals surface area contributed by atoms with Crippen LogP contribution >= 0.6 is 0 Å². The molecule has 22 heavy (non-hydrogen) atoms. The Bertz CT molecular complexity index is 720. The number of allylic oxidation sites excluding steroid dienone is 1. The van der Waals surface area contributed by atoms with E-state index in [0.717, 1.165) is 11.1 Å². The second-order valence-electron chi connectivity index (χ2n) is 6.16. The van der Waals surface area contributed by atoms with E-state index in [0.29, 0.717) is 5.57 Å². The van der Waals surface area contributed by atoms with Crippen LogP contribution in [0.5, 0.6) is 0 Å². The summed E-state index contributed by atoms with van der Waals surface area (Å²) in [7, 11) is 0. The highest BCUT2D eigenvalue weighted by molar-refractivity contribution is 6.32. The zero-order chi connectivity index (χ0) is 16.0.